The predicted molar refractivity (Wildman–Crippen MR) is 81.8 cm³/mol. The molecule has 92 valence electrons. The Balaban J connectivity index is 1.94. The molecule has 0 radical (unpaired) electrons. The fourth-order valence-electron chi connectivity index (χ4n) is 1.74. The smallest absolute Gasteiger partial charge is 0.188 e. The summed E-state index contributed by atoms with van der Waals surface area (Å²) < 4.78 is 2.16. The maximum atomic E-state index is 8.88. The van der Waals surface area contributed by atoms with E-state index < -0.39 is 0 Å². The number of anilines is 2. The first-order chi connectivity index (χ1) is 9.24. The van der Waals surface area contributed by atoms with Crippen molar-refractivity contribution >= 4 is 48.3 Å². The molecule has 0 aliphatic heterocycles. The van der Waals surface area contributed by atoms with Crippen LogP contribution in [0.2, 0.25) is 0 Å². The van der Waals surface area contributed by atoms with Crippen molar-refractivity contribution in [3.8, 4) is 6.07 Å². The van der Waals surface area contributed by atoms with Gasteiger partial charge in [0.25, 0.3) is 0 Å². The predicted octanol–water partition coefficient (Wildman–Crippen LogP) is 4.67. The van der Waals surface area contributed by atoms with Crippen molar-refractivity contribution in [2.75, 3.05) is 5.32 Å². The van der Waals surface area contributed by atoms with E-state index in [1.807, 2.05) is 36.4 Å². The lowest BCUT2D eigenvalue weighted by Gasteiger charge is -2.01. The van der Waals surface area contributed by atoms with E-state index >= 15 is 0 Å². The van der Waals surface area contributed by atoms with Crippen molar-refractivity contribution < 1.29 is 0 Å². The summed E-state index contributed by atoms with van der Waals surface area (Å²) in [7, 11) is 0. The van der Waals surface area contributed by atoms with Crippen LogP contribution in [0.1, 0.15) is 5.56 Å². The highest BCUT2D eigenvalue weighted by Gasteiger charge is 2.04. The fourth-order valence-corrected chi connectivity index (χ4v) is 3.18. The molecule has 0 aliphatic rings. The highest BCUT2D eigenvalue weighted by molar-refractivity contribution is 9.10. The number of fused-ring (bicyclic) bond motifs is 1. The summed E-state index contributed by atoms with van der Waals surface area (Å²) in [6.07, 6.45) is 0. The Morgan fingerprint density at radius 1 is 1.21 bits per heavy atom. The number of rotatable bonds is 2. The molecule has 0 saturated carbocycles. The number of aromatic nitrogens is 1. The lowest BCUT2D eigenvalue weighted by molar-refractivity contribution is 1.43. The number of halogens is 1. The van der Waals surface area contributed by atoms with Crippen LogP contribution in [0.3, 0.4) is 0 Å². The summed E-state index contributed by atoms with van der Waals surface area (Å²) in [4.78, 5) is 4.51. The van der Waals surface area contributed by atoms with Crippen LogP contribution < -0.4 is 5.32 Å². The molecule has 0 spiro atoms. The van der Waals surface area contributed by atoms with Crippen molar-refractivity contribution in [2.45, 2.75) is 0 Å². The Hall–Kier alpha value is -1.90. The fraction of sp³-hybridized carbons (Fsp3) is 0. The average Bonchev–Trinajstić information content (AvgIpc) is 2.80. The Morgan fingerprint density at radius 2 is 2.11 bits per heavy atom. The number of hydrogen-bond acceptors (Lipinski definition) is 4. The van der Waals surface area contributed by atoms with Gasteiger partial charge in [0.05, 0.1) is 21.8 Å². The van der Waals surface area contributed by atoms with E-state index in [0.717, 1.165) is 25.5 Å². The van der Waals surface area contributed by atoms with Gasteiger partial charge in [0.15, 0.2) is 5.13 Å². The lowest BCUT2D eigenvalue weighted by atomic mass is 10.2. The van der Waals surface area contributed by atoms with Crippen LogP contribution >= 0.6 is 27.3 Å². The third kappa shape index (κ3) is 2.60. The molecule has 5 heteroatoms. The quantitative estimate of drug-likeness (QED) is 0.742. The summed E-state index contributed by atoms with van der Waals surface area (Å²) >= 11 is 5.03. The molecule has 19 heavy (non-hydrogen) atoms. The van der Waals surface area contributed by atoms with Crippen LogP contribution in [0, 0.1) is 11.3 Å². The molecule has 0 aliphatic carbocycles. The van der Waals surface area contributed by atoms with Gasteiger partial charge in [-0.1, -0.05) is 33.3 Å². The van der Waals surface area contributed by atoms with Crippen molar-refractivity contribution in [3.05, 3.63) is 52.5 Å². The molecular weight excluding hydrogens is 322 g/mol. The lowest BCUT2D eigenvalue weighted by Crippen LogP contribution is -1.89. The molecule has 1 N–H and O–H groups in total. The molecule has 3 nitrogen and oxygen atoms in total. The first-order valence-corrected chi connectivity index (χ1v) is 7.19. The third-order valence-corrected chi connectivity index (χ3v) is 4.02. The van der Waals surface area contributed by atoms with Crippen LogP contribution in [-0.2, 0) is 0 Å². The molecule has 2 aromatic carbocycles. The van der Waals surface area contributed by atoms with Crippen LogP contribution in [0.4, 0.5) is 10.8 Å². The van der Waals surface area contributed by atoms with Gasteiger partial charge in [-0.2, -0.15) is 5.26 Å². The van der Waals surface area contributed by atoms with Gasteiger partial charge in [-0.3, -0.25) is 0 Å². The van der Waals surface area contributed by atoms with Crippen LogP contribution in [0.15, 0.2) is 46.9 Å². The zero-order chi connectivity index (χ0) is 13.2. The van der Waals surface area contributed by atoms with Gasteiger partial charge < -0.3 is 5.32 Å². The number of nitrogens with one attached hydrogen (secondary N) is 1. The number of thiazole rings is 1. The van der Waals surface area contributed by atoms with Gasteiger partial charge in [-0.15, -0.1) is 0 Å². The molecule has 1 heterocycles. The number of nitrogens with zero attached hydrogens (tertiary/aromatic N) is 2. The summed E-state index contributed by atoms with van der Waals surface area (Å²) in [5.74, 6) is 0. The molecule has 3 rings (SSSR count). The van der Waals surface area contributed by atoms with Crippen LogP contribution in [-0.4, -0.2) is 4.98 Å². The molecule has 0 bridgehead atoms. The van der Waals surface area contributed by atoms with E-state index in [4.69, 9.17) is 5.26 Å². The van der Waals surface area contributed by atoms with Crippen LogP contribution in [0.5, 0.6) is 0 Å². The molecule has 0 fully saturated rings. The minimum absolute atomic E-state index is 0.633. The Labute approximate surface area is 122 Å². The van der Waals surface area contributed by atoms with Crippen molar-refractivity contribution in [1.29, 1.82) is 5.26 Å². The normalized spacial score (nSPS) is 10.3. The van der Waals surface area contributed by atoms with Crippen LogP contribution in [0.25, 0.3) is 10.2 Å². The molecule has 0 atom stereocenters. The van der Waals surface area contributed by atoms with Crippen molar-refractivity contribution in [3.63, 3.8) is 0 Å². The van der Waals surface area contributed by atoms with E-state index in [-0.39, 0.29) is 0 Å². The van der Waals surface area contributed by atoms with Gasteiger partial charge in [0.1, 0.15) is 0 Å². The molecule has 0 saturated heterocycles. The highest BCUT2D eigenvalue weighted by Crippen LogP contribution is 2.30. The molecular formula is C14H8BrN3S. The van der Waals surface area contributed by atoms with E-state index in [0.29, 0.717) is 5.56 Å². The Kier molecular flexibility index (Phi) is 3.20. The minimum Gasteiger partial charge on any atom is -0.331 e. The summed E-state index contributed by atoms with van der Waals surface area (Å²) in [5, 5.41) is 12.9. The molecule has 0 unspecified atom stereocenters. The molecule has 3 aromatic rings. The minimum atomic E-state index is 0.633. The Morgan fingerprint density at radius 3 is 2.95 bits per heavy atom. The highest BCUT2D eigenvalue weighted by atomic mass is 79.9. The Bertz CT molecular complexity index is 789. The standard InChI is InChI=1S/C14H8BrN3S/c15-10-4-5-12-13(7-10)19-14(18-12)17-11-3-1-2-9(6-11)8-16/h1-7H,(H,17,18). The second-order valence-corrected chi connectivity index (χ2v) is 5.89. The molecule has 0 amide bonds. The maximum Gasteiger partial charge on any atom is 0.188 e. The SMILES string of the molecule is N#Cc1cccc(Nc2nc3ccc(Br)cc3s2)c1. The van der Waals surface area contributed by atoms with Gasteiger partial charge in [-0.05, 0) is 36.4 Å². The van der Waals surface area contributed by atoms with E-state index in [2.05, 4.69) is 32.3 Å². The number of hydrogen-bond donors (Lipinski definition) is 1. The van der Waals surface area contributed by atoms with Gasteiger partial charge in [0, 0.05) is 10.2 Å². The van der Waals surface area contributed by atoms with Gasteiger partial charge in [0.2, 0.25) is 0 Å². The summed E-state index contributed by atoms with van der Waals surface area (Å²) in [5.41, 5.74) is 2.47. The van der Waals surface area contributed by atoms with Gasteiger partial charge >= 0.3 is 0 Å². The maximum absolute atomic E-state index is 8.88. The summed E-state index contributed by atoms with van der Waals surface area (Å²) in [6.45, 7) is 0. The zero-order valence-corrected chi connectivity index (χ0v) is 12.1. The second-order valence-electron chi connectivity index (χ2n) is 3.95. The number of nitriles is 1. The van der Waals surface area contributed by atoms with Crippen molar-refractivity contribution in [1.82, 2.24) is 4.98 Å². The largest absolute Gasteiger partial charge is 0.331 e. The van der Waals surface area contributed by atoms with E-state index in [1.165, 1.54) is 0 Å². The van der Waals surface area contributed by atoms with Gasteiger partial charge in [-0.25, -0.2) is 4.98 Å². The average molecular weight is 330 g/mol. The monoisotopic (exact) mass is 329 g/mol. The first kappa shape index (κ1) is 12.2. The summed E-state index contributed by atoms with van der Waals surface area (Å²) in [6, 6.07) is 15.5. The van der Waals surface area contributed by atoms with E-state index in [9.17, 15) is 0 Å². The number of benzene rings is 2. The first-order valence-electron chi connectivity index (χ1n) is 5.58. The topological polar surface area (TPSA) is 48.7 Å². The van der Waals surface area contributed by atoms with E-state index in [1.54, 1.807) is 17.4 Å². The molecule has 1 aromatic heterocycles. The third-order valence-electron chi connectivity index (χ3n) is 2.59. The second kappa shape index (κ2) is 5.00. The van der Waals surface area contributed by atoms with Crippen molar-refractivity contribution in [2.24, 2.45) is 0 Å². The zero-order valence-electron chi connectivity index (χ0n) is 9.72.